The molecule has 1 amide bonds. The van der Waals surface area contributed by atoms with Crippen LogP contribution < -0.4 is 0 Å². The van der Waals surface area contributed by atoms with Gasteiger partial charge in [0.25, 0.3) is 5.91 Å². The highest BCUT2D eigenvalue weighted by atomic mass is 16.4. The van der Waals surface area contributed by atoms with Crippen LogP contribution in [0.25, 0.3) is 11.5 Å². The number of benzene rings is 1. The highest BCUT2D eigenvalue weighted by Crippen LogP contribution is 2.32. The number of hydrogen-bond acceptors (Lipinski definition) is 5. The molecule has 1 unspecified atom stereocenters. The summed E-state index contributed by atoms with van der Waals surface area (Å²) in [6, 6.07) is 11.3. The van der Waals surface area contributed by atoms with Gasteiger partial charge < -0.3 is 9.32 Å². The molecular formula is C20H23N5O2. The molecule has 4 rings (SSSR count). The Morgan fingerprint density at radius 2 is 1.96 bits per heavy atom. The fourth-order valence-electron chi connectivity index (χ4n) is 3.49. The number of hydrogen-bond donors (Lipinski definition) is 0. The molecule has 1 saturated heterocycles. The first-order valence-corrected chi connectivity index (χ1v) is 9.34. The minimum absolute atomic E-state index is 0.0786. The monoisotopic (exact) mass is 365 g/mol. The average Bonchev–Trinajstić information content (AvgIpc) is 3.22. The molecule has 140 valence electrons. The molecule has 1 atom stereocenters. The van der Waals surface area contributed by atoms with Gasteiger partial charge in [0.15, 0.2) is 5.69 Å². The van der Waals surface area contributed by atoms with Gasteiger partial charge in [-0.25, -0.2) is 0 Å². The van der Waals surface area contributed by atoms with E-state index in [2.05, 4.69) is 15.3 Å². The van der Waals surface area contributed by atoms with E-state index in [-0.39, 0.29) is 11.9 Å². The van der Waals surface area contributed by atoms with Crippen molar-refractivity contribution in [3.05, 3.63) is 53.7 Å². The summed E-state index contributed by atoms with van der Waals surface area (Å²) in [6.07, 6.45) is 3.89. The lowest BCUT2D eigenvalue weighted by molar-refractivity contribution is 0.0646. The van der Waals surface area contributed by atoms with Gasteiger partial charge in [-0.05, 0) is 38.0 Å². The number of carbonyl (C=O) groups excluding carboxylic acids is 1. The van der Waals surface area contributed by atoms with Crippen molar-refractivity contribution in [3.63, 3.8) is 0 Å². The van der Waals surface area contributed by atoms with Gasteiger partial charge in [0.1, 0.15) is 6.04 Å². The van der Waals surface area contributed by atoms with Crippen molar-refractivity contribution >= 4 is 5.91 Å². The maximum atomic E-state index is 13.1. The summed E-state index contributed by atoms with van der Waals surface area (Å²) in [6.45, 7) is 2.61. The Kier molecular flexibility index (Phi) is 4.75. The van der Waals surface area contributed by atoms with E-state index in [1.54, 1.807) is 4.68 Å². The highest BCUT2D eigenvalue weighted by molar-refractivity contribution is 5.92. The van der Waals surface area contributed by atoms with Crippen molar-refractivity contribution in [1.29, 1.82) is 0 Å². The van der Waals surface area contributed by atoms with Crippen LogP contribution in [0.1, 0.15) is 53.8 Å². The number of nitrogens with zero attached hydrogens (tertiary/aromatic N) is 5. The first-order valence-electron chi connectivity index (χ1n) is 9.34. The molecule has 2 aromatic heterocycles. The molecule has 0 N–H and O–H groups in total. The van der Waals surface area contributed by atoms with Crippen molar-refractivity contribution in [2.75, 3.05) is 6.54 Å². The zero-order valence-electron chi connectivity index (χ0n) is 15.6. The summed E-state index contributed by atoms with van der Waals surface area (Å²) in [7, 11) is 1.84. The second-order valence-corrected chi connectivity index (χ2v) is 6.97. The van der Waals surface area contributed by atoms with Gasteiger partial charge in [-0.1, -0.05) is 31.0 Å². The molecule has 3 aromatic rings. The van der Waals surface area contributed by atoms with Gasteiger partial charge in [-0.15, -0.1) is 10.2 Å². The molecule has 1 aliphatic heterocycles. The zero-order chi connectivity index (χ0) is 18.8. The molecular weight excluding hydrogens is 342 g/mol. The first-order chi connectivity index (χ1) is 13.1. The number of amides is 1. The van der Waals surface area contributed by atoms with Crippen LogP contribution in [-0.4, -0.2) is 37.3 Å². The summed E-state index contributed by atoms with van der Waals surface area (Å²) in [5.41, 5.74) is 2.29. The maximum Gasteiger partial charge on any atom is 0.275 e. The van der Waals surface area contributed by atoms with E-state index in [4.69, 9.17) is 4.42 Å². The van der Waals surface area contributed by atoms with Crippen molar-refractivity contribution in [2.45, 2.75) is 38.6 Å². The molecule has 1 aromatic carbocycles. The quantitative estimate of drug-likeness (QED) is 0.709. The molecule has 1 aliphatic rings. The molecule has 1 fully saturated rings. The van der Waals surface area contributed by atoms with Crippen LogP contribution in [0.15, 0.2) is 40.8 Å². The molecule has 27 heavy (non-hydrogen) atoms. The molecule has 0 radical (unpaired) electrons. The molecule has 7 nitrogen and oxygen atoms in total. The van der Waals surface area contributed by atoms with Crippen LogP contribution >= 0.6 is 0 Å². The Morgan fingerprint density at radius 3 is 2.70 bits per heavy atom. The zero-order valence-corrected chi connectivity index (χ0v) is 15.6. The number of aryl methyl sites for hydroxylation is 2. The van der Waals surface area contributed by atoms with Crippen LogP contribution in [0.4, 0.5) is 0 Å². The highest BCUT2D eigenvalue weighted by Gasteiger charge is 2.32. The molecule has 0 aliphatic carbocycles. The maximum absolute atomic E-state index is 13.1. The van der Waals surface area contributed by atoms with E-state index in [1.807, 2.05) is 55.3 Å². The van der Waals surface area contributed by atoms with E-state index in [0.717, 1.165) is 36.9 Å². The summed E-state index contributed by atoms with van der Waals surface area (Å²) >= 11 is 0. The number of aromatic nitrogens is 4. The normalized spacial score (nSPS) is 17.7. The topological polar surface area (TPSA) is 77.1 Å². The third-order valence-corrected chi connectivity index (χ3v) is 5.09. The predicted octanol–water partition coefficient (Wildman–Crippen LogP) is 3.54. The Bertz CT molecular complexity index is 912. The van der Waals surface area contributed by atoms with Gasteiger partial charge in [-0.3, -0.25) is 9.48 Å². The molecule has 0 saturated carbocycles. The minimum Gasteiger partial charge on any atom is -0.418 e. The number of rotatable bonds is 3. The summed E-state index contributed by atoms with van der Waals surface area (Å²) in [5.74, 6) is 0.901. The SMILES string of the molecule is Cc1cc(C(=O)N2CCCCCC2c2nnc(-c3ccccc3)o2)nn1C. The average molecular weight is 365 g/mol. The van der Waals surface area contributed by atoms with E-state index in [1.165, 1.54) is 0 Å². The smallest absolute Gasteiger partial charge is 0.275 e. The third-order valence-electron chi connectivity index (χ3n) is 5.09. The molecule has 0 spiro atoms. The lowest BCUT2D eigenvalue weighted by atomic mass is 10.1. The van der Waals surface area contributed by atoms with Gasteiger partial charge in [0.05, 0.1) is 0 Å². The second-order valence-electron chi connectivity index (χ2n) is 6.97. The standard InChI is InChI=1S/C20H23N5O2/c1-14-13-16(23-24(14)2)20(26)25-12-8-4-7-11-17(25)19-22-21-18(27-19)15-9-5-3-6-10-15/h3,5-6,9-10,13,17H,4,7-8,11-12H2,1-2H3. The van der Waals surface area contributed by atoms with E-state index >= 15 is 0 Å². The van der Waals surface area contributed by atoms with Crippen molar-refractivity contribution in [3.8, 4) is 11.5 Å². The van der Waals surface area contributed by atoms with Crippen molar-refractivity contribution in [1.82, 2.24) is 24.9 Å². The Morgan fingerprint density at radius 1 is 1.15 bits per heavy atom. The van der Waals surface area contributed by atoms with Gasteiger partial charge in [0.2, 0.25) is 11.8 Å². The van der Waals surface area contributed by atoms with Crippen LogP contribution in [0, 0.1) is 6.92 Å². The van der Waals surface area contributed by atoms with Crippen LogP contribution in [-0.2, 0) is 7.05 Å². The fraction of sp³-hybridized carbons (Fsp3) is 0.400. The van der Waals surface area contributed by atoms with E-state index in [0.29, 0.717) is 24.0 Å². The Hall–Kier alpha value is -2.96. The lowest BCUT2D eigenvalue weighted by Gasteiger charge is -2.26. The van der Waals surface area contributed by atoms with Crippen molar-refractivity contribution < 1.29 is 9.21 Å². The number of carbonyl (C=O) groups is 1. The van der Waals surface area contributed by atoms with Crippen LogP contribution in [0.2, 0.25) is 0 Å². The third kappa shape index (κ3) is 3.49. The summed E-state index contributed by atoms with van der Waals surface area (Å²) in [5, 5.41) is 12.8. The Balaban J connectivity index is 1.64. The Labute approximate surface area is 158 Å². The first kappa shape index (κ1) is 17.5. The predicted molar refractivity (Wildman–Crippen MR) is 99.9 cm³/mol. The fourth-order valence-corrected chi connectivity index (χ4v) is 3.49. The van der Waals surface area contributed by atoms with Crippen molar-refractivity contribution in [2.24, 2.45) is 7.05 Å². The number of likely N-dealkylation sites (tertiary alicyclic amines) is 1. The van der Waals surface area contributed by atoms with Crippen LogP contribution in [0.5, 0.6) is 0 Å². The van der Waals surface area contributed by atoms with Crippen LogP contribution in [0.3, 0.4) is 0 Å². The lowest BCUT2D eigenvalue weighted by Crippen LogP contribution is -2.35. The van der Waals surface area contributed by atoms with E-state index in [9.17, 15) is 4.79 Å². The van der Waals surface area contributed by atoms with Gasteiger partial charge in [0, 0.05) is 24.8 Å². The second kappa shape index (κ2) is 7.34. The molecule has 7 heteroatoms. The van der Waals surface area contributed by atoms with Gasteiger partial charge >= 0.3 is 0 Å². The molecule has 0 bridgehead atoms. The molecule has 3 heterocycles. The van der Waals surface area contributed by atoms with E-state index < -0.39 is 0 Å². The van der Waals surface area contributed by atoms with Gasteiger partial charge in [-0.2, -0.15) is 5.10 Å². The summed E-state index contributed by atoms with van der Waals surface area (Å²) < 4.78 is 7.69. The largest absolute Gasteiger partial charge is 0.418 e. The summed E-state index contributed by atoms with van der Waals surface area (Å²) in [4.78, 5) is 15.0. The minimum atomic E-state index is -0.215.